The van der Waals surface area contributed by atoms with Gasteiger partial charge in [0.1, 0.15) is 5.76 Å². The number of likely N-dealkylation sites (tertiary alicyclic amines) is 1. The van der Waals surface area contributed by atoms with Crippen molar-refractivity contribution in [3.8, 4) is 0 Å². The van der Waals surface area contributed by atoms with Crippen LogP contribution in [0.2, 0.25) is 0 Å². The molecule has 1 aliphatic heterocycles. The van der Waals surface area contributed by atoms with Gasteiger partial charge < -0.3 is 15.1 Å². The molecule has 1 atom stereocenters. The first-order valence-corrected chi connectivity index (χ1v) is 11.5. The van der Waals surface area contributed by atoms with Crippen LogP contribution in [0.4, 0.5) is 0 Å². The summed E-state index contributed by atoms with van der Waals surface area (Å²) in [6.45, 7) is 6.37. The first-order valence-electron chi connectivity index (χ1n) is 9.62. The van der Waals surface area contributed by atoms with Crippen LogP contribution in [-0.2, 0) is 10.0 Å². The number of guanidine groups is 1. The zero-order valence-corrected chi connectivity index (χ0v) is 20.2. The van der Waals surface area contributed by atoms with Crippen molar-refractivity contribution in [3.05, 3.63) is 24.2 Å². The minimum absolute atomic E-state index is 0. The molecule has 0 aromatic carbocycles. The molecule has 2 N–H and O–H groups in total. The van der Waals surface area contributed by atoms with E-state index in [2.05, 4.69) is 20.5 Å². The van der Waals surface area contributed by atoms with Gasteiger partial charge in [0.15, 0.2) is 5.96 Å². The number of hydrogen-bond donors (Lipinski definition) is 2. The van der Waals surface area contributed by atoms with E-state index in [0.717, 1.165) is 25.3 Å². The minimum Gasteiger partial charge on any atom is -0.468 e. The Morgan fingerprint density at radius 3 is 2.61 bits per heavy atom. The van der Waals surface area contributed by atoms with Gasteiger partial charge in [-0.2, -0.15) is 0 Å². The zero-order valence-electron chi connectivity index (χ0n) is 17.1. The van der Waals surface area contributed by atoms with Crippen molar-refractivity contribution in [1.29, 1.82) is 0 Å². The number of aliphatic imine (C=N–C) groups is 1. The summed E-state index contributed by atoms with van der Waals surface area (Å²) in [4.78, 5) is 6.70. The largest absolute Gasteiger partial charge is 0.468 e. The van der Waals surface area contributed by atoms with Crippen LogP contribution < -0.4 is 10.6 Å². The third-order valence-electron chi connectivity index (χ3n) is 4.84. The Labute approximate surface area is 186 Å². The monoisotopic (exact) mass is 527 g/mol. The van der Waals surface area contributed by atoms with E-state index in [1.807, 2.05) is 19.1 Å². The molecule has 0 bridgehead atoms. The number of halogens is 1. The molecule has 0 aliphatic carbocycles. The quantitative estimate of drug-likeness (QED) is 0.209. The summed E-state index contributed by atoms with van der Waals surface area (Å²) >= 11 is 0. The standard InChI is InChI=1S/C18H33N5O3S.HI/c1-4-23(27(3,24)25)13-8-10-20-18(19-2)21-15-16(17-9-7-14-26-17)22-11-5-6-12-22;/h7,9,14,16H,4-6,8,10-13,15H2,1-3H3,(H2,19,20,21);1H. The Balaban J connectivity index is 0.00000392. The maximum absolute atomic E-state index is 11.6. The van der Waals surface area contributed by atoms with Crippen molar-refractivity contribution < 1.29 is 12.8 Å². The normalized spacial score (nSPS) is 16.8. The van der Waals surface area contributed by atoms with Crippen LogP contribution in [0.15, 0.2) is 27.8 Å². The predicted molar refractivity (Wildman–Crippen MR) is 124 cm³/mol. The van der Waals surface area contributed by atoms with Gasteiger partial charge in [-0.25, -0.2) is 12.7 Å². The van der Waals surface area contributed by atoms with Crippen LogP contribution in [-0.4, -0.2) is 76.2 Å². The van der Waals surface area contributed by atoms with Crippen LogP contribution in [0.25, 0.3) is 0 Å². The van der Waals surface area contributed by atoms with Crippen molar-refractivity contribution in [3.63, 3.8) is 0 Å². The molecule has 10 heteroatoms. The molecule has 0 saturated carbocycles. The molecule has 1 aromatic heterocycles. The van der Waals surface area contributed by atoms with E-state index in [4.69, 9.17) is 4.42 Å². The van der Waals surface area contributed by atoms with Crippen molar-refractivity contribution in [1.82, 2.24) is 19.8 Å². The van der Waals surface area contributed by atoms with Gasteiger partial charge in [-0.3, -0.25) is 9.89 Å². The SMILES string of the molecule is CCN(CCCNC(=NC)NCC(c1ccco1)N1CCCC1)S(C)(=O)=O.I. The van der Waals surface area contributed by atoms with Crippen LogP contribution in [0.5, 0.6) is 0 Å². The molecular formula is C18H34IN5O3S. The number of nitrogens with one attached hydrogen (secondary N) is 2. The van der Waals surface area contributed by atoms with E-state index >= 15 is 0 Å². The van der Waals surface area contributed by atoms with Gasteiger partial charge in [-0.15, -0.1) is 24.0 Å². The second-order valence-electron chi connectivity index (χ2n) is 6.76. The molecule has 0 amide bonds. The highest BCUT2D eigenvalue weighted by atomic mass is 127. The molecule has 8 nitrogen and oxygen atoms in total. The number of furan rings is 1. The maximum Gasteiger partial charge on any atom is 0.211 e. The fourth-order valence-electron chi connectivity index (χ4n) is 3.38. The summed E-state index contributed by atoms with van der Waals surface area (Å²) in [5, 5.41) is 6.63. The Morgan fingerprint density at radius 2 is 2.07 bits per heavy atom. The number of hydrogen-bond acceptors (Lipinski definition) is 5. The lowest BCUT2D eigenvalue weighted by Gasteiger charge is -2.26. The molecule has 0 spiro atoms. The van der Waals surface area contributed by atoms with E-state index in [1.165, 1.54) is 23.4 Å². The van der Waals surface area contributed by atoms with Gasteiger partial charge in [0.2, 0.25) is 10.0 Å². The predicted octanol–water partition coefficient (Wildman–Crippen LogP) is 1.87. The average molecular weight is 527 g/mol. The molecule has 162 valence electrons. The van der Waals surface area contributed by atoms with E-state index < -0.39 is 10.0 Å². The molecule has 1 saturated heterocycles. The first kappa shape index (κ1) is 25.2. The van der Waals surface area contributed by atoms with Crippen molar-refractivity contribution in [2.45, 2.75) is 32.2 Å². The fraction of sp³-hybridized carbons (Fsp3) is 0.722. The second-order valence-corrected chi connectivity index (χ2v) is 8.74. The van der Waals surface area contributed by atoms with Gasteiger partial charge in [-0.1, -0.05) is 6.92 Å². The Morgan fingerprint density at radius 1 is 1.36 bits per heavy atom. The van der Waals surface area contributed by atoms with E-state index in [-0.39, 0.29) is 30.0 Å². The van der Waals surface area contributed by atoms with E-state index in [1.54, 1.807) is 13.3 Å². The summed E-state index contributed by atoms with van der Waals surface area (Å²) in [6, 6.07) is 4.12. The van der Waals surface area contributed by atoms with Crippen molar-refractivity contribution >= 4 is 40.0 Å². The van der Waals surface area contributed by atoms with Gasteiger partial charge in [0.25, 0.3) is 0 Å². The summed E-state index contributed by atoms with van der Waals surface area (Å²) < 4.78 is 30.4. The highest BCUT2D eigenvalue weighted by Gasteiger charge is 2.25. The highest BCUT2D eigenvalue weighted by Crippen LogP contribution is 2.24. The lowest BCUT2D eigenvalue weighted by atomic mass is 10.2. The topological polar surface area (TPSA) is 90.2 Å². The molecule has 1 unspecified atom stereocenters. The zero-order chi connectivity index (χ0) is 19.7. The fourth-order valence-corrected chi connectivity index (χ4v) is 4.31. The van der Waals surface area contributed by atoms with Crippen LogP contribution in [0, 0.1) is 0 Å². The van der Waals surface area contributed by atoms with Gasteiger partial charge >= 0.3 is 0 Å². The smallest absolute Gasteiger partial charge is 0.211 e. The third kappa shape index (κ3) is 7.88. The lowest BCUT2D eigenvalue weighted by molar-refractivity contribution is 0.215. The molecule has 0 radical (unpaired) electrons. The van der Waals surface area contributed by atoms with Crippen LogP contribution >= 0.6 is 24.0 Å². The number of nitrogens with zero attached hydrogens (tertiary/aromatic N) is 3. The molecule has 1 aliphatic rings. The molecular weight excluding hydrogens is 493 g/mol. The highest BCUT2D eigenvalue weighted by molar-refractivity contribution is 14.0. The minimum atomic E-state index is -3.13. The maximum atomic E-state index is 11.6. The third-order valence-corrected chi connectivity index (χ3v) is 6.22. The second kappa shape index (κ2) is 12.7. The number of sulfonamides is 1. The average Bonchev–Trinajstić information content (AvgIpc) is 3.33. The summed E-state index contributed by atoms with van der Waals surface area (Å²) in [6.07, 6.45) is 6.12. The molecule has 2 rings (SSSR count). The van der Waals surface area contributed by atoms with Crippen LogP contribution in [0.1, 0.15) is 38.0 Å². The summed E-state index contributed by atoms with van der Waals surface area (Å²) in [5.74, 6) is 1.68. The van der Waals surface area contributed by atoms with Crippen LogP contribution in [0.3, 0.4) is 0 Å². The summed E-state index contributed by atoms with van der Waals surface area (Å²) in [5.41, 5.74) is 0. The van der Waals surface area contributed by atoms with E-state index in [0.29, 0.717) is 32.1 Å². The molecule has 1 fully saturated rings. The van der Waals surface area contributed by atoms with Gasteiger partial charge in [0.05, 0.1) is 18.6 Å². The number of rotatable bonds is 10. The molecule has 28 heavy (non-hydrogen) atoms. The molecule has 1 aromatic rings. The van der Waals surface area contributed by atoms with E-state index in [9.17, 15) is 8.42 Å². The van der Waals surface area contributed by atoms with Crippen molar-refractivity contribution in [2.75, 3.05) is 52.6 Å². The lowest BCUT2D eigenvalue weighted by Crippen LogP contribution is -2.43. The Kier molecular flexibility index (Phi) is 11.4. The van der Waals surface area contributed by atoms with Crippen molar-refractivity contribution in [2.24, 2.45) is 4.99 Å². The molecule has 2 heterocycles. The van der Waals surface area contributed by atoms with Gasteiger partial charge in [0, 0.05) is 33.2 Å². The summed E-state index contributed by atoms with van der Waals surface area (Å²) in [7, 11) is -1.40. The first-order chi connectivity index (χ1) is 13.0. The Hall–Kier alpha value is -0.850. The van der Waals surface area contributed by atoms with Gasteiger partial charge in [-0.05, 0) is 44.5 Å². The Bertz CT molecular complexity index is 675.